The maximum atomic E-state index is 15.3. The van der Waals surface area contributed by atoms with Crippen LogP contribution in [0.4, 0.5) is 15.8 Å². The first-order valence-corrected chi connectivity index (χ1v) is 14.7. The number of rotatable bonds is 9. The number of nitrogens with zero attached hydrogens (tertiary/aromatic N) is 2. The minimum atomic E-state index is -0.744. The van der Waals surface area contributed by atoms with E-state index < -0.39 is 17.6 Å². The van der Waals surface area contributed by atoms with Crippen molar-refractivity contribution in [2.24, 2.45) is 0 Å². The Morgan fingerprint density at radius 1 is 0.956 bits per heavy atom. The summed E-state index contributed by atoms with van der Waals surface area (Å²) in [5.41, 5.74) is 1.72. The molecule has 12 heteroatoms. The quantitative estimate of drug-likeness (QED) is 0.130. The molecule has 0 unspecified atom stereocenters. The first kappa shape index (κ1) is 29.8. The SMILES string of the molecule is COc1cc2c(Oc3ccc(NC(=O)/C(C(=O)Nc4ccccc4)=C4\CCCCN4)cc3F)ncnc2cc1O[C@@H]1CCOC1. The van der Waals surface area contributed by atoms with Gasteiger partial charge >= 0.3 is 0 Å². The lowest BCUT2D eigenvalue weighted by molar-refractivity contribution is -0.118. The van der Waals surface area contributed by atoms with Gasteiger partial charge in [0.25, 0.3) is 11.8 Å². The van der Waals surface area contributed by atoms with Gasteiger partial charge < -0.3 is 34.9 Å². The lowest BCUT2D eigenvalue weighted by Crippen LogP contribution is -2.32. The molecular weight excluding hydrogens is 581 g/mol. The topological polar surface area (TPSA) is 133 Å². The van der Waals surface area contributed by atoms with E-state index in [1.165, 1.54) is 25.6 Å². The highest BCUT2D eigenvalue weighted by Gasteiger charge is 2.26. The highest BCUT2D eigenvalue weighted by atomic mass is 19.1. The zero-order chi connectivity index (χ0) is 31.2. The van der Waals surface area contributed by atoms with Gasteiger partial charge in [-0.1, -0.05) is 18.2 Å². The summed E-state index contributed by atoms with van der Waals surface area (Å²) in [6.07, 6.45) is 4.31. The fourth-order valence-corrected chi connectivity index (χ4v) is 5.18. The molecule has 0 saturated carbocycles. The monoisotopic (exact) mass is 613 g/mol. The number of fused-ring (bicyclic) bond motifs is 1. The Balaban J connectivity index is 1.21. The van der Waals surface area contributed by atoms with E-state index in [0.29, 0.717) is 60.0 Å². The predicted molar refractivity (Wildman–Crippen MR) is 165 cm³/mol. The van der Waals surface area contributed by atoms with Gasteiger partial charge in [-0.25, -0.2) is 14.4 Å². The second-order valence-corrected chi connectivity index (χ2v) is 10.6. The summed E-state index contributed by atoms with van der Waals surface area (Å²) in [7, 11) is 1.52. The van der Waals surface area contributed by atoms with Crippen LogP contribution in [0, 0.1) is 5.82 Å². The highest BCUT2D eigenvalue weighted by Crippen LogP contribution is 2.37. The lowest BCUT2D eigenvalue weighted by Gasteiger charge is -2.21. The maximum Gasteiger partial charge on any atom is 0.263 e. The summed E-state index contributed by atoms with van der Waals surface area (Å²) in [5.74, 6) is -1.02. The molecule has 45 heavy (non-hydrogen) atoms. The van der Waals surface area contributed by atoms with Gasteiger partial charge in [0.05, 0.1) is 31.2 Å². The summed E-state index contributed by atoms with van der Waals surface area (Å²) in [6.45, 7) is 1.78. The number of benzene rings is 3. The number of halogens is 1. The molecule has 11 nitrogen and oxygen atoms in total. The van der Waals surface area contributed by atoms with E-state index in [9.17, 15) is 9.59 Å². The molecule has 0 radical (unpaired) electrons. The van der Waals surface area contributed by atoms with Crippen LogP contribution >= 0.6 is 0 Å². The standard InChI is InChI=1S/C33H32FN5O6/c1-42-28-16-23-26(17-29(28)44-22-12-14-43-18-22)36-19-37-33(23)45-27-11-10-21(15-24(27)34)39-32(41)30(25-9-5-6-13-35-25)31(40)38-20-7-3-2-4-8-20/h2-4,7-8,10-11,15-17,19,22,35H,5-6,9,12-14,18H2,1H3,(H,38,40)(H,39,41)/b30-25+/t22-/m1/s1. The Bertz CT molecular complexity index is 1730. The molecule has 0 bridgehead atoms. The molecule has 1 atom stereocenters. The number of ether oxygens (including phenoxy) is 4. The second-order valence-electron chi connectivity index (χ2n) is 10.6. The summed E-state index contributed by atoms with van der Waals surface area (Å²) in [5, 5.41) is 9.09. The van der Waals surface area contributed by atoms with E-state index in [4.69, 9.17) is 18.9 Å². The summed E-state index contributed by atoms with van der Waals surface area (Å²) < 4.78 is 38.2. The molecular formula is C33H32FN5O6. The fraction of sp³-hybridized carbons (Fsp3) is 0.273. The van der Waals surface area contributed by atoms with Crippen LogP contribution in [-0.4, -0.2) is 54.8 Å². The Kier molecular flexibility index (Phi) is 9.01. The van der Waals surface area contributed by atoms with E-state index in [0.717, 1.165) is 25.3 Å². The molecule has 2 saturated heterocycles. The minimum absolute atomic E-state index is 0.0514. The minimum Gasteiger partial charge on any atom is -0.493 e. The first-order valence-electron chi connectivity index (χ1n) is 14.7. The number of piperidine rings is 1. The third kappa shape index (κ3) is 6.96. The largest absolute Gasteiger partial charge is 0.493 e. The van der Waals surface area contributed by atoms with E-state index in [1.807, 2.05) is 6.07 Å². The fourth-order valence-electron chi connectivity index (χ4n) is 5.18. The van der Waals surface area contributed by atoms with Crippen molar-refractivity contribution in [2.75, 3.05) is 37.5 Å². The average Bonchev–Trinajstić information content (AvgIpc) is 3.56. The highest BCUT2D eigenvalue weighted by molar-refractivity contribution is 6.26. The molecule has 4 aromatic rings. The van der Waals surface area contributed by atoms with Crippen LogP contribution in [-0.2, 0) is 14.3 Å². The Labute approximate surface area is 258 Å². The van der Waals surface area contributed by atoms with Gasteiger partial charge in [0.2, 0.25) is 5.88 Å². The van der Waals surface area contributed by atoms with E-state index in [2.05, 4.69) is 25.9 Å². The molecule has 2 aliphatic heterocycles. The van der Waals surface area contributed by atoms with Crippen molar-refractivity contribution in [3.05, 3.63) is 84.1 Å². The predicted octanol–water partition coefficient (Wildman–Crippen LogP) is 5.34. The number of allylic oxidation sites excluding steroid dienone is 1. The molecule has 0 aliphatic carbocycles. The van der Waals surface area contributed by atoms with E-state index in [1.54, 1.807) is 36.4 Å². The second kappa shape index (κ2) is 13.6. The van der Waals surface area contributed by atoms with Crippen molar-refractivity contribution in [3.8, 4) is 23.1 Å². The number of carbonyl (C=O) groups is 2. The number of anilines is 2. The first-order chi connectivity index (χ1) is 22.0. The molecule has 3 heterocycles. The number of nitrogens with one attached hydrogen (secondary N) is 3. The van der Waals surface area contributed by atoms with Crippen LogP contribution in [0.15, 0.2) is 78.3 Å². The Morgan fingerprint density at radius 2 is 1.78 bits per heavy atom. The van der Waals surface area contributed by atoms with Crippen LogP contribution in [0.5, 0.6) is 23.1 Å². The number of carbonyl (C=O) groups excluding carboxylic acids is 2. The van der Waals surface area contributed by atoms with Gasteiger partial charge in [-0.3, -0.25) is 9.59 Å². The normalized spacial score (nSPS) is 17.2. The zero-order valence-corrected chi connectivity index (χ0v) is 24.6. The molecule has 2 amide bonds. The Hall–Kier alpha value is -5.23. The number of hydrogen-bond donors (Lipinski definition) is 3. The van der Waals surface area contributed by atoms with Crippen molar-refractivity contribution >= 4 is 34.1 Å². The molecule has 3 N–H and O–H groups in total. The summed E-state index contributed by atoms with van der Waals surface area (Å²) in [6, 6.07) is 16.2. The van der Waals surface area contributed by atoms with Gasteiger partial charge in [0.1, 0.15) is 18.0 Å². The number of hydrogen-bond acceptors (Lipinski definition) is 9. The van der Waals surface area contributed by atoms with Gasteiger partial charge in [0, 0.05) is 42.2 Å². The number of aromatic nitrogens is 2. The third-order valence-electron chi connectivity index (χ3n) is 7.44. The maximum absolute atomic E-state index is 15.3. The lowest BCUT2D eigenvalue weighted by atomic mass is 10.0. The smallest absolute Gasteiger partial charge is 0.263 e. The van der Waals surface area contributed by atoms with Crippen molar-refractivity contribution in [3.63, 3.8) is 0 Å². The molecule has 2 fully saturated rings. The third-order valence-corrected chi connectivity index (χ3v) is 7.44. The average molecular weight is 614 g/mol. The van der Waals surface area contributed by atoms with Gasteiger partial charge in [-0.05, 0) is 49.6 Å². The van der Waals surface area contributed by atoms with Crippen LogP contribution in [0.25, 0.3) is 10.9 Å². The Morgan fingerprint density at radius 3 is 2.49 bits per heavy atom. The molecule has 3 aromatic carbocycles. The number of para-hydroxylation sites is 1. The molecule has 232 valence electrons. The van der Waals surface area contributed by atoms with Crippen LogP contribution in [0.3, 0.4) is 0 Å². The zero-order valence-electron chi connectivity index (χ0n) is 24.6. The summed E-state index contributed by atoms with van der Waals surface area (Å²) in [4.78, 5) is 35.2. The van der Waals surface area contributed by atoms with Crippen molar-refractivity contribution < 1.29 is 32.9 Å². The van der Waals surface area contributed by atoms with Crippen molar-refractivity contribution in [1.82, 2.24) is 15.3 Å². The summed E-state index contributed by atoms with van der Waals surface area (Å²) >= 11 is 0. The molecule has 6 rings (SSSR count). The number of methoxy groups -OCH3 is 1. The van der Waals surface area contributed by atoms with E-state index in [-0.39, 0.29) is 29.0 Å². The van der Waals surface area contributed by atoms with Gasteiger partial charge in [0.15, 0.2) is 23.1 Å². The van der Waals surface area contributed by atoms with Crippen LogP contribution in [0.2, 0.25) is 0 Å². The van der Waals surface area contributed by atoms with Gasteiger partial charge in [-0.15, -0.1) is 0 Å². The number of amides is 2. The molecule has 2 aliphatic rings. The molecule has 1 aromatic heterocycles. The van der Waals surface area contributed by atoms with Crippen LogP contribution < -0.4 is 30.2 Å². The molecule has 0 spiro atoms. The van der Waals surface area contributed by atoms with Crippen molar-refractivity contribution in [2.45, 2.75) is 31.8 Å². The van der Waals surface area contributed by atoms with Crippen molar-refractivity contribution in [1.29, 1.82) is 0 Å². The van der Waals surface area contributed by atoms with Crippen LogP contribution in [0.1, 0.15) is 25.7 Å². The van der Waals surface area contributed by atoms with Gasteiger partial charge in [-0.2, -0.15) is 0 Å². The van der Waals surface area contributed by atoms with E-state index >= 15 is 4.39 Å².